The Morgan fingerprint density at radius 1 is 1.36 bits per heavy atom. The Hall–Kier alpha value is -0.0800. The average molecular weight is 198 g/mol. The van der Waals surface area contributed by atoms with Crippen molar-refractivity contribution < 1.29 is 0 Å². The first kappa shape index (κ1) is 12.0. The van der Waals surface area contributed by atoms with E-state index in [4.69, 9.17) is 0 Å². The molecular formula is C12H26N2. The maximum atomic E-state index is 3.61. The fraction of sp³-hybridized carbons (Fsp3) is 1.00. The Morgan fingerprint density at radius 3 is 2.64 bits per heavy atom. The molecule has 14 heavy (non-hydrogen) atoms. The third-order valence-electron chi connectivity index (χ3n) is 2.97. The van der Waals surface area contributed by atoms with Gasteiger partial charge in [0.25, 0.3) is 0 Å². The van der Waals surface area contributed by atoms with E-state index in [9.17, 15) is 0 Å². The molecule has 0 aliphatic carbocycles. The minimum absolute atomic E-state index is 0.272. The van der Waals surface area contributed by atoms with Crippen molar-refractivity contribution in [3.8, 4) is 0 Å². The molecule has 1 atom stereocenters. The van der Waals surface area contributed by atoms with E-state index in [-0.39, 0.29) is 5.54 Å². The molecule has 0 radical (unpaired) electrons. The fourth-order valence-electron chi connectivity index (χ4n) is 2.06. The van der Waals surface area contributed by atoms with Crippen LogP contribution < -0.4 is 5.32 Å². The highest BCUT2D eigenvalue weighted by Gasteiger charge is 2.20. The Bertz CT molecular complexity index is 160. The lowest BCUT2D eigenvalue weighted by Crippen LogP contribution is -2.44. The van der Waals surface area contributed by atoms with Gasteiger partial charge >= 0.3 is 0 Å². The molecule has 0 aromatic heterocycles. The molecule has 0 aromatic carbocycles. The molecule has 0 saturated carbocycles. The number of hydrogen-bond acceptors (Lipinski definition) is 2. The van der Waals surface area contributed by atoms with Gasteiger partial charge in [-0.05, 0) is 59.2 Å². The number of hydrogen-bond donors (Lipinski definition) is 1. The van der Waals surface area contributed by atoms with E-state index in [0.29, 0.717) is 0 Å². The standard InChI is InChI=1S/C12H26N2/c1-5-14-8-6-7-11(10-14)9-13-12(2,3)4/h11,13H,5-10H2,1-4H3. The number of nitrogens with zero attached hydrogens (tertiary/aromatic N) is 1. The molecule has 1 fully saturated rings. The molecule has 2 heteroatoms. The largest absolute Gasteiger partial charge is 0.312 e. The van der Waals surface area contributed by atoms with Gasteiger partial charge in [-0.15, -0.1) is 0 Å². The van der Waals surface area contributed by atoms with E-state index >= 15 is 0 Å². The van der Waals surface area contributed by atoms with E-state index < -0.39 is 0 Å². The van der Waals surface area contributed by atoms with Crippen molar-refractivity contribution in [2.75, 3.05) is 26.2 Å². The first-order chi connectivity index (χ1) is 6.51. The fourth-order valence-corrected chi connectivity index (χ4v) is 2.06. The van der Waals surface area contributed by atoms with Gasteiger partial charge in [0.15, 0.2) is 0 Å². The predicted molar refractivity (Wildman–Crippen MR) is 62.6 cm³/mol. The molecule has 1 saturated heterocycles. The number of piperidine rings is 1. The molecular weight excluding hydrogens is 172 g/mol. The lowest BCUT2D eigenvalue weighted by molar-refractivity contribution is 0.173. The van der Waals surface area contributed by atoms with Crippen LogP contribution >= 0.6 is 0 Å². The van der Waals surface area contributed by atoms with Gasteiger partial charge in [-0.3, -0.25) is 0 Å². The molecule has 2 nitrogen and oxygen atoms in total. The van der Waals surface area contributed by atoms with Gasteiger partial charge in [-0.25, -0.2) is 0 Å². The summed E-state index contributed by atoms with van der Waals surface area (Å²) in [5, 5.41) is 3.61. The quantitative estimate of drug-likeness (QED) is 0.747. The van der Waals surface area contributed by atoms with Gasteiger partial charge in [-0.2, -0.15) is 0 Å². The van der Waals surface area contributed by atoms with E-state index in [0.717, 1.165) is 5.92 Å². The number of rotatable bonds is 3. The van der Waals surface area contributed by atoms with Gasteiger partial charge < -0.3 is 10.2 Å². The monoisotopic (exact) mass is 198 g/mol. The van der Waals surface area contributed by atoms with Crippen LogP contribution in [0.3, 0.4) is 0 Å². The van der Waals surface area contributed by atoms with Crippen molar-refractivity contribution in [3.05, 3.63) is 0 Å². The highest BCUT2D eigenvalue weighted by molar-refractivity contribution is 4.78. The van der Waals surface area contributed by atoms with Gasteiger partial charge in [0.2, 0.25) is 0 Å². The molecule has 1 aliphatic rings. The maximum absolute atomic E-state index is 3.61. The third kappa shape index (κ3) is 4.43. The smallest absolute Gasteiger partial charge is 0.00966 e. The molecule has 1 unspecified atom stereocenters. The minimum Gasteiger partial charge on any atom is -0.312 e. The Kier molecular flexibility index (Phi) is 4.39. The summed E-state index contributed by atoms with van der Waals surface area (Å²) in [6.07, 6.45) is 2.78. The van der Waals surface area contributed by atoms with E-state index in [1.165, 1.54) is 39.0 Å². The van der Waals surface area contributed by atoms with Crippen LogP contribution in [0.15, 0.2) is 0 Å². The predicted octanol–water partition coefficient (Wildman–Crippen LogP) is 2.11. The molecule has 1 N–H and O–H groups in total. The second-order valence-corrected chi connectivity index (χ2v) is 5.53. The van der Waals surface area contributed by atoms with Crippen LogP contribution in [0.5, 0.6) is 0 Å². The lowest BCUT2D eigenvalue weighted by atomic mass is 9.96. The third-order valence-corrected chi connectivity index (χ3v) is 2.97. The molecule has 0 amide bonds. The molecule has 1 rings (SSSR count). The molecule has 1 heterocycles. The summed E-state index contributed by atoms with van der Waals surface area (Å²) in [5.74, 6) is 0.864. The summed E-state index contributed by atoms with van der Waals surface area (Å²) in [6, 6.07) is 0. The summed E-state index contributed by atoms with van der Waals surface area (Å²) < 4.78 is 0. The summed E-state index contributed by atoms with van der Waals surface area (Å²) in [7, 11) is 0. The molecule has 0 bridgehead atoms. The number of likely N-dealkylation sites (tertiary alicyclic amines) is 1. The first-order valence-electron chi connectivity index (χ1n) is 5.98. The Labute approximate surface area is 89.1 Å². The molecule has 84 valence electrons. The van der Waals surface area contributed by atoms with Gasteiger partial charge in [0.1, 0.15) is 0 Å². The molecule has 1 aliphatic heterocycles. The average Bonchev–Trinajstić information content (AvgIpc) is 2.14. The minimum atomic E-state index is 0.272. The van der Waals surface area contributed by atoms with Crippen LogP contribution in [0.4, 0.5) is 0 Å². The van der Waals surface area contributed by atoms with E-state index in [1.807, 2.05) is 0 Å². The summed E-state index contributed by atoms with van der Waals surface area (Å²) in [5.41, 5.74) is 0.272. The van der Waals surface area contributed by atoms with Crippen LogP contribution in [-0.2, 0) is 0 Å². The van der Waals surface area contributed by atoms with Crippen molar-refractivity contribution in [3.63, 3.8) is 0 Å². The van der Waals surface area contributed by atoms with Gasteiger partial charge in [0, 0.05) is 12.1 Å². The van der Waals surface area contributed by atoms with Crippen molar-refractivity contribution in [2.45, 2.75) is 46.1 Å². The maximum Gasteiger partial charge on any atom is 0.00966 e. The lowest BCUT2D eigenvalue weighted by Gasteiger charge is -2.33. The second kappa shape index (κ2) is 5.13. The summed E-state index contributed by atoms with van der Waals surface area (Å²) in [4.78, 5) is 2.57. The van der Waals surface area contributed by atoms with Crippen LogP contribution in [0, 0.1) is 5.92 Å². The highest BCUT2D eigenvalue weighted by Crippen LogP contribution is 2.16. The van der Waals surface area contributed by atoms with Gasteiger partial charge in [-0.1, -0.05) is 6.92 Å². The summed E-state index contributed by atoms with van der Waals surface area (Å²) >= 11 is 0. The second-order valence-electron chi connectivity index (χ2n) is 5.53. The Morgan fingerprint density at radius 2 is 2.07 bits per heavy atom. The SMILES string of the molecule is CCN1CCCC(CNC(C)(C)C)C1. The van der Waals surface area contributed by atoms with Crippen molar-refractivity contribution in [2.24, 2.45) is 5.92 Å². The van der Waals surface area contributed by atoms with Crippen LogP contribution in [0.1, 0.15) is 40.5 Å². The van der Waals surface area contributed by atoms with E-state index in [2.05, 4.69) is 37.9 Å². The zero-order chi connectivity index (χ0) is 10.6. The van der Waals surface area contributed by atoms with Crippen molar-refractivity contribution in [1.29, 1.82) is 0 Å². The van der Waals surface area contributed by atoms with Crippen LogP contribution in [-0.4, -0.2) is 36.6 Å². The van der Waals surface area contributed by atoms with Crippen molar-refractivity contribution in [1.82, 2.24) is 10.2 Å². The number of nitrogens with one attached hydrogen (secondary N) is 1. The van der Waals surface area contributed by atoms with Crippen molar-refractivity contribution >= 4 is 0 Å². The normalized spacial score (nSPS) is 25.3. The highest BCUT2D eigenvalue weighted by atomic mass is 15.1. The molecule has 0 aromatic rings. The topological polar surface area (TPSA) is 15.3 Å². The zero-order valence-electron chi connectivity index (χ0n) is 10.3. The van der Waals surface area contributed by atoms with Crippen LogP contribution in [0.2, 0.25) is 0 Å². The first-order valence-corrected chi connectivity index (χ1v) is 5.98. The van der Waals surface area contributed by atoms with Gasteiger partial charge in [0.05, 0.1) is 0 Å². The van der Waals surface area contributed by atoms with Crippen LogP contribution in [0.25, 0.3) is 0 Å². The summed E-state index contributed by atoms with van der Waals surface area (Å²) in [6.45, 7) is 14.0. The molecule has 0 spiro atoms. The van der Waals surface area contributed by atoms with E-state index in [1.54, 1.807) is 0 Å². The Balaban J connectivity index is 2.24. The zero-order valence-corrected chi connectivity index (χ0v) is 10.3.